The van der Waals surface area contributed by atoms with Crippen molar-refractivity contribution in [2.45, 2.75) is 57.6 Å². The maximum atomic E-state index is 6.01. The first kappa shape index (κ1) is 15.6. The Morgan fingerprint density at radius 1 is 1.10 bits per heavy atom. The molecule has 0 aromatic heterocycles. The fraction of sp³-hybridized carbons (Fsp3) is 0.938. The standard InChI is InChI=1S/C16H31N3O/c1-6-20-14-12-13(16(14)10-8-7-9-11-16)17-15(18(2)3)19(4)5/h13-14H,6-12H2,1-5H3. The molecule has 0 aliphatic heterocycles. The summed E-state index contributed by atoms with van der Waals surface area (Å²) >= 11 is 0. The smallest absolute Gasteiger partial charge is 0.195 e. The first-order chi connectivity index (χ1) is 9.51. The first-order valence-electron chi connectivity index (χ1n) is 8.05. The number of ether oxygens (including phenoxy) is 1. The Labute approximate surface area is 124 Å². The Bertz CT molecular complexity index is 336. The van der Waals surface area contributed by atoms with Gasteiger partial charge in [-0.3, -0.25) is 0 Å². The first-order valence-corrected chi connectivity index (χ1v) is 8.05. The maximum absolute atomic E-state index is 6.01. The van der Waals surface area contributed by atoms with Crippen LogP contribution >= 0.6 is 0 Å². The molecule has 2 fully saturated rings. The molecule has 0 saturated heterocycles. The maximum Gasteiger partial charge on any atom is 0.195 e. The number of nitrogens with zero attached hydrogens (tertiary/aromatic N) is 3. The van der Waals surface area contributed by atoms with Gasteiger partial charge in [-0.25, -0.2) is 4.99 Å². The highest BCUT2D eigenvalue weighted by atomic mass is 16.5. The van der Waals surface area contributed by atoms with Crippen molar-refractivity contribution in [1.29, 1.82) is 0 Å². The van der Waals surface area contributed by atoms with E-state index in [4.69, 9.17) is 9.73 Å². The van der Waals surface area contributed by atoms with Crippen LogP contribution in [0.4, 0.5) is 0 Å². The second kappa shape index (κ2) is 6.33. The average molecular weight is 281 g/mol. The summed E-state index contributed by atoms with van der Waals surface area (Å²) in [7, 11) is 8.30. The summed E-state index contributed by atoms with van der Waals surface area (Å²) in [5.74, 6) is 1.08. The van der Waals surface area contributed by atoms with Crippen molar-refractivity contribution in [3.8, 4) is 0 Å². The minimum Gasteiger partial charge on any atom is -0.378 e. The Kier molecular flexibility index (Phi) is 4.95. The molecule has 2 atom stereocenters. The lowest BCUT2D eigenvalue weighted by molar-refractivity contribution is -0.139. The van der Waals surface area contributed by atoms with Gasteiger partial charge in [-0.15, -0.1) is 0 Å². The monoisotopic (exact) mass is 281 g/mol. The quantitative estimate of drug-likeness (QED) is 0.588. The Morgan fingerprint density at radius 3 is 2.20 bits per heavy atom. The largest absolute Gasteiger partial charge is 0.378 e. The van der Waals surface area contributed by atoms with Crippen molar-refractivity contribution in [3.05, 3.63) is 0 Å². The minimum atomic E-state index is 0.325. The summed E-state index contributed by atoms with van der Waals surface area (Å²) in [6.07, 6.45) is 8.18. The van der Waals surface area contributed by atoms with E-state index in [1.807, 2.05) is 0 Å². The van der Waals surface area contributed by atoms with Gasteiger partial charge in [0.2, 0.25) is 0 Å². The van der Waals surface area contributed by atoms with E-state index < -0.39 is 0 Å². The predicted molar refractivity (Wildman–Crippen MR) is 84.1 cm³/mol. The number of guanidine groups is 1. The predicted octanol–water partition coefficient (Wildman–Crippen LogP) is 2.59. The van der Waals surface area contributed by atoms with E-state index in [0.717, 1.165) is 19.0 Å². The molecule has 1 spiro atoms. The highest BCUT2D eigenvalue weighted by molar-refractivity contribution is 5.79. The normalized spacial score (nSPS) is 27.9. The Balaban J connectivity index is 2.17. The SMILES string of the molecule is CCOC1CC(N=C(N(C)C)N(C)C)C12CCCCC2. The Morgan fingerprint density at radius 2 is 1.70 bits per heavy atom. The van der Waals surface area contributed by atoms with Gasteiger partial charge in [0.1, 0.15) is 0 Å². The van der Waals surface area contributed by atoms with Crippen LogP contribution < -0.4 is 0 Å². The van der Waals surface area contributed by atoms with Crippen LogP contribution in [0.3, 0.4) is 0 Å². The van der Waals surface area contributed by atoms with Crippen molar-refractivity contribution in [2.24, 2.45) is 10.4 Å². The third-order valence-electron chi connectivity index (χ3n) is 4.97. The number of hydrogen-bond acceptors (Lipinski definition) is 2. The van der Waals surface area contributed by atoms with Crippen molar-refractivity contribution >= 4 is 5.96 Å². The summed E-state index contributed by atoms with van der Waals surface area (Å²) in [5.41, 5.74) is 0.325. The molecule has 0 aromatic rings. The molecule has 2 aliphatic carbocycles. The van der Waals surface area contributed by atoms with Crippen LogP contribution in [0.15, 0.2) is 4.99 Å². The summed E-state index contributed by atoms with van der Waals surface area (Å²) in [4.78, 5) is 9.31. The van der Waals surface area contributed by atoms with Crippen LogP contribution in [0.2, 0.25) is 0 Å². The summed E-state index contributed by atoms with van der Waals surface area (Å²) in [5, 5.41) is 0. The van der Waals surface area contributed by atoms with Crippen molar-refractivity contribution < 1.29 is 4.74 Å². The highest BCUT2D eigenvalue weighted by Gasteiger charge is 2.56. The van der Waals surface area contributed by atoms with E-state index in [-0.39, 0.29) is 0 Å². The van der Waals surface area contributed by atoms with Crippen molar-refractivity contribution in [2.75, 3.05) is 34.8 Å². The molecule has 4 nitrogen and oxygen atoms in total. The van der Waals surface area contributed by atoms with Gasteiger partial charge in [-0.1, -0.05) is 19.3 Å². The molecule has 0 amide bonds. The topological polar surface area (TPSA) is 28.1 Å². The van der Waals surface area contributed by atoms with Gasteiger partial charge in [0, 0.05) is 40.2 Å². The molecule has 2 unspecified atom stereocenters. The van der Waals surface area contributed by atoms with Crippen LogP contribution in [0.5, 0.6) is 0 Å². The lowest BCUT2D eigenvalue weighted by atomic mass is 9.55. The van der Waals surface area contributed by atoms with Gasteiger partial charge in [0.25, 0.3) is 0 Å². The minimum absolute atomic E-state index is 0.325. The number of rotatable bonds is 3. The lowest BCUT2D eigenvalue weighted by Gasteiger charge is -2.56. The number of aliphatic imine (C=N–C) groups is 1. The van der Waals surface area contributed by atoms with Crippen LogP contribution in [-0.2, 0) is 4.74 Å². The molecular formula is C16H31N3O. The van der Waals surface area contributed by atoms with Gasteiger partial charge in [-0.2, -0.15) is 0 Å². The van der Waals surface area contributed by atoms with E-state index in [1.165, 1.54) is 32.1 Å². The van der Waals surface area contributed by atoms with Gasteiger partial charge in [0.15, 0.2) is 5.96 Å². The average Bonchev–Trinajstić information content (AvgIpc) is 2.42. The third kappa shape index (κ3) is 2.80. The van der Waals surface area contributed by atoms with E-state index in [9.17, 15) is 0 Å². The van der Waals surface area contributed by atoms with E-state index in [2.05, 4.69) is 44.9 Å². The molecule has 0 aromatic carbocycles. The van der Waals surface area contributed by atoms with Crippen LogP contribution in [0.25, 0.3) is 0 Å². The second-order valence-corrected chi connectivity index (χ2v) is 6.71. The van der Waals surface area contributed by atoms with Crippen LogP contribution in [-0.4, -0.2) is 62.7 Å². The summed E-state index contributed by atoms with van der Waals surface area (Å²) < 4.78 is 6.01. The molecule has 2 saturated carbocycles. The zero-order valence-electron chi connectivity index (χ0n) is 13.9. The molecule has 116 valence electrons. The van der Waals surface area contributed by atoms with Gasteiger partial charge in [0.05, 0.1) is 12.1 Å². The molecular weight excluding hydrogens is 250 g/mol. The van der Waals surface area contributed by atoms with Crippen molar-refractivity contribution in [1.82, 2.24) is 9.80 Å². The zero-order chi connectivity index (χ0) is 14.8. The van der Waals surface area contributed by atoms with E-state index in [1.54, 1.807) is 0 Å². The zero-order valence-corrected chi connectivity index (χ0v) is 13.9. The van der Waals surface area contributed by atoms with Gasteiger partial charge >= 0.3 is 0 Å². The molecule has 0 radical (unpaired) electrons. The molecule has 2 aliphatic rings. The van der Waals surface area contributed by atoms with Crippen molar-refractivity contribution in [3.63, 3.8) is 0 Å². The third-order valence-corrected chi connectivity index (χ3v) is 4.97. The molecule has 0 N–H and O–H groups in total. The van der Waals surface area contributed by atoms with Gasteiger partial charge < -0.3 is 14.5 Å². The summed E-state index contributed by atoms with van der Waals surface area (Å²) in [6.45, 7) is 2.94. The molecule has 20 heavy (non-hydrogen) atoms. The summed E-state index contributed by atoms with van der Waals surface area (Å²) in [6, 6.07) is 0.444. The molecule has 4 heteroatoms. The molecule has 0 heterocycles. The van der Waals surface area contributed by atoms with E-state index >= 15 is 0 Å². The molecule has 0 bridgehead atoms. The fourth-order valence-electron chi connectivity index (χ4n) is 3.98. The van der Waals surface area contributed by atoms with E-state index in [0.29, 0.717) is 17.6 Å². The second-order valence-electron chi connectivity index (χ2n) is 6.71. The van der Waals surface area contributed by atoms with Gasteiger partial charge in [-0.05, 0) is 26.2 Å². The number of hydrogen-bond donors (Lipinski definition) is 0. The fourth-order valence-corrected chi connectivity index (χ4v) is 3.98. The lowest BCUT2D eigenvalue weighted by Crippen LogP contribution is -2.59. The van der Waals surface area contributed by atoms with Crippen LogP contribution in [0.1, 0.15) is 45.4 Å². The molecule has 2 rings (SSSR count). The Hall–Kier alpha value is -0.770. The van der Waals surface area contributed by atoms with Crippen LogP contribution in [0, 0.1) is 5.41 Å². The highest BCUT2D eigenvalue weighted by Crippen LogP contribution is 2.54.